The van der Waals surface area contributed by atoms with Gasteiger partial charge in [0.1, 0.15) is 0 Å². The van der Waals surface area contributed by atoms with Crippen LogP contribution in [0.1, 0.15) is 23.0 Å². The minimum Gasteiger partial charge on any atom is -0.449 e. The van der Waals surface area contributed by atoms with E-state index < -0.39 is 18.0 Å². The summed E-state index contributed by atoms with van der Waals surface area (Å²) in [5, 5.41) is 6.73. The molecule has 1 aromatic heterocycles. The van der Waals surface area contributed by atoms with E-state index in [1.165, 1.54) is 19.1 Å². The van der Waals surface area contributed by atoms with Crippen molar-refractivity contribution in [3.63, 3.8) is 0 Å². The molecule has 0 saturated heterocycles. The van der Waals surface area contributed by atoms with Gasteiger partial charge in [0.15, 0.2) is 6.10 Å². The maximum absolute atomic E-state index is 12.2. The summed E-state index contributed by atoms with van der Waals surface area (Å²) in [4.78, 5) is 24.2. The van der Waals surface area contributed by atoms with Crippen LogP contribution in [0.4, 0.5) is 5.88 Å². The van der Waals surface area contributed by atoms with Gasteiger partial charge in [0.25, 0.3) is 5.91 Å². The van der Waals surface area contributed by atoms with E-state index >= 15 is 0 Å². The molecule has 6 nitrogen and oxygen atoms in total. The highest BCUT2D eigenvalue weighted by atomic mass is 127. The number of esters is 1. The molecule has 1 N–H and O–H groups in total. The van der Waals surface area contributed by atoms with Gasteiger partial charge in [-0.05, 0) is 48.6 Å². The molecular formula is C14H11Cl2IN2O4. The van der Waals surface area contributed by atoms with Crippen molar-refractivity contribution in [2.24, 2.45) is 0 Å². The number of ether oxygens (including phenoxy) is 1. The Balaban J connectivity index is 2.06. The molecule has 0 aliphatic heterocycles. The summed E-state index contributed by atoms with van der Waals surface area (Å²) in [6.45, 7) is 3.16. The van der Waals surface area contributed by atoms with Gasteiger partial charge in [0.2, 0.25) is 5.88 Å². The number of benzene rings is 1. The van der Waals surface area contributed by atoms with Crippen molar-refractivity contribution in [1.82, 2.24) is 5.16 Å². The second-order valence-corrected chi connectivity index (χ2v) is 6.54. The third-order valence-corrected chi connectivity index (χ3v) is 4.74. The Labute approximate surface area is 155 Å². The van der Waals surface area contributed by atoms with Crippen LogP contribution in [0, 0.1) is 10.5 Å². The molecule has 1 amide bonds. The number of halogens is 3. The first-order valence-corrected chi connectivity index (χ1v) is 8.21. The van der Waals surface area contributed by atoms with Crippen LogP contribution in [0.3, 0.4) is 0 Å². The van der Waals surface area contributed by atoms with Gasteiger partial charge in [0.05, 0.1) is 16.3 Å². The van der Waals surface area contributed by atoms with Gasteiger partial charge >= 0.3 is 5.97 Å². The number of hydrogen-bond acceptors (Lipinski definition) is 5. The fourth-order valence-corrected chi connectivity index (χ4v) is 2.65. The number of nitrogens with one attached hydrogen (secondary N) is 1. The number of carbonyl (C=O) groups excluding carboxylic acids is 2. The normalized spacial score (nSPS) is 11.9. The van der Waals surface area contributed by atoms with Gasteiger partial charge in [-0.15, -0.1) is 0 Å². The first kappa shape index (κ1) is 18.0. The molecule has 2 rings (SSSR count). The molecule has 9 heteroatoms. The van der Waals surface area contributed by atoms with Crippen molar-refractivity contribution in [2.45, 2.75) is 20.0 Å². The maximum atomic E-state index is 12.2. The molecule has 0 saturated carbocycles. The summed E-state index contributed by atoms with van der Waals surface area (Å²) in [6.07, 6.45) is -1.04. The van der Waals surface area contributed by atoms with Crippen molar-refractivity contribution in [3.05, 3.63) is 43.1 Å². The minimum atomic E-state index is -1.04. The Hall–Kier alpha value is -1.32. The Bertz CT molecular complexity index is 763. The van der Waals surface area contributed by atoms with E-state index in [1.54, 1.807) is 13.0 Å². The van der Waals surface area contributed by atoms with E-state index in [4.69, 9.17) is 32.5 Å². The number of carbonyl (C=O) groups is 2. The maximum Gasteiger partial charge on any atom is 0.340 e. The monoisotopic (exact) mass is 468 g/mol. The van der Waals surface area contributed by atoms with Crippen LogP contribution in [0.15, 0.2) is 22.7 Å². The van der Waals surface area contributed by atoms with Crippen LogP contribution < -0.4 is 5.32 Å². The number of nitrogens with zero attached hydrogens (tertiary/aromatic N) is 1. The van der Waals surface area contributed by atoms with E-state index in [1.807, 2.05) is 22.6 Å². The molecule has 2 aromatic rings. The summed E-state index contributed by atoms with van der Waals surface area (Å²) in [5.74, 6) is -1.07. The van der Waals surface area contributed by atoms with Crippen molar-refractivity contribution < 1.29 is 18.8 Å². The Morgan fingerprint density at radius 1 is 1.35 bits per heavy atom. The summed E-state index contributed by atoms with van der Waals surface area (Å²) in [5.41, 5.74) is 0.811. The molecular weight excluding hydrogens is 458 g/mol. The smallest absolute Gasteiger partial charge is 0.340 e. The van der Waals surface area contributed by atoms with E-state index in [0.29, 0.717) is 19.3 Å². The minimum absolute atomic E-state index is 0.177. The van der Waals surface area contributed by atoms with Crippen LogP contribution >= 0.6 is 45.8 Å². The average Bonchev–Trinajstić information content (AvgIpc) is 2.87. The third kappa shape index (κ3) is 4.58. The zero-order valence-corrected chi connectivity index (χ0v) is 15.7. The molecule has 0 radical (unpaired) electrons. The van der Waals surface area contributed by atoms with Crippen LogP contribution in [0.5, 0.6) is 0 Å². The highest BCUT2D eigenvalue weighted by molar-refractivity contribution is 14.1. The first-order chi connectivity index (χ1) is 10.8. The van der Waals surface area contributed by atoms with E-state index in [2.05, 4.69) is 10.5 Å². The van der Waals surface area contributed by atoms with Crippen molar-refractivity contribution >= 4 is 63.6 Å². The summed E-state index contributed by atoms with van der Waals surface area (Å²) in [7, 11) is 0. The number of rotatable bonds is 4. The topological polar surface area (TPSA) is 81.4 Å². The van der Waals surface area contributed by atoms with E-state index in [0.717, 1.165) is 0 Å². The Morgan fingerprint density at radius 2 is 2.04 bits per heavy atom. The lowest BCUT2D eigenvalue weighted by atomic mass is 10.2. The molecule has 1 aromatic carbocycles. The molecule has 0 fully saturated rings. The fourth-order valence-electron chi connectivity index (χ4n) is 1.63. The number of aromatic nitrogens is 1. The Morgan fingerprint density at radius 3 is 2.65 bits per heavy atom. The van der Waals surface area contributed by atoms with Gasteiger partial charge in [-0.2, -0.15) is 0 Å². The summed E-state index contributed by atoms with van der Waals surface area (Å²) >= 11 is 13.8. The number of hydrogen-bond donors (Lipinski definition) is 1. The highest BCUT2D eigenvalue weighted by Crippen LogP contribution is 2.27. The third-order valence-electron chi connectivity index (χ3n) is 2.74. The van der Waals surface area contributed by atoms with Crippen LogP contribution in [0.2, 0.25) is 10.0 Å². The molecule has 1 heterocycles. The van der Waals surface area contributed by atoms with Crippen molar-refractivity contribution in [2.75, 3.05) is 5.32 Å². The second kappa shape index (κ2) is 7.50. The zero-order chi connectivity index (χ0) is 17.1. The van der Waals surface area contributed by atoms with Gasteiger partial charge in [-0.1, -0.05) is 28.4 Å². The molecule has 1 atom stereocenters. The first-order valence-electron chi connectivity index (χ1n) is 6.37. The van der Waals surface area contributed by atoms with E-state index in [9.17, 15) is 9.59 Å². The summed E-state index contributed by atoms with van der Waals surface area (Å²) in [6, 6.07) is 4.50. The van der Waals surface area contributed by atoms with Gasteiger partial charge < -0.3 is 9.26 Å². The molecule has 0 bridgehead atoms. The van der Waals surface area contributed by atoms with Crippen LogP contribution in [0.25, 0.3) is 0 Å². The average molecular weight is 469 g/mol. The molecule has 0 unspecified atom stereocenters. The van der Waals surface area contributed by atoms with Crippen molar-refractivity contribution in [3.8, 4) is 0 Å². The van der Waals surface area contributed by atoms with Gasteiger partial charge in [-0.3, -0.25) is 10.1 Å². The van der Waals surface area contributed by atoms with Crippen LogP contribution in [-0.2, 0) is 9.53 Å². The zero-order valence-electron chi connectivity index (χ0n) is 12.0. The lowest BCUT2D eigenvalue weighted by molar-refractivity contribution is -0.123. The van der Waals surface area contributed by atoms with Crippen molar-refractivity contribution in [1.29, 1.82) is 0 Å². The quantitative estimate of drug-likeness (QED) is 0.415. The predicted molar refractivity (Wildman–Crippen MR) is 93.9 cm³/mol. The summed E-state index contributed by atoms with van der Waals surface area (Å²) < 4.78 is 10.5. The highest BCUT2D eigenvalue weighted by Gasteiger charge is 2.22. The molecule has 122 valence electrons. The van der Waals surface area contributed by atoms with Gasteiger partial charge in [-0.25, -0.2) is 4.79 Å². The lowest BCUT2D eigenvalue weighted by Gasteiger charge is -2.13. The number of aryl methyl sites for hydroxylation is 1. The predicted octanol–water partition coefficient (Wildman–Crippen LogP) is 4.08. The number of anilines is 1. The Kier molecular flexibility index (Phi) is 5.88. The SMILES string of the molecule is Cc1cc(NC(=O)[C@@H](C)OC(=O)c2cc(Cl)cc(Cl)c2I)on1. The number of amides is 1. The largest absolute Gasteiger partial charge is 0.449 e. The van der Waals surface area contributed by atoms with E-state index in [-0.39, 0.29) is 11.4 Å². The molecule has 0 aliphatic carbocycles. The van der Waals surface area contributed by atoms with Crippen LogP contribution in [-0.4, -0.2) is 23.1 Å². The second-order valence-electron chi connectivity index (χ2n) is 4.62. The standard InChI is InChI=1S/C14H11Cl2IN2O4/c1-6-3-11(23-19-6)18-13(20)7(2)22-14(21)9-4-8(15)5-10(16)12(9)17/h3-5,7H,1-2H3,(H,18,20)/t7-/m1/s1. The fraction of sp³-hybridized carbons (Fsp3) is 0.214. The molecule has 0 aliphatic rings. The molecule has 23 heavy (non-hydrogen) atoms. The molecule has 0 spiro atoms. The van der Waals surface area contributed by atoms with Gasteiger partial charge in [0, 0.05) is 14.7 Å². The lowest BCUT2D eigenvalue weighted by Crippen LogP contribution is -2.30.